The van der Waals surface area contributed by atoms with Crippen molar-refractivity contribution in [2.24, 2.45) is 4.99 Å². The van der Waals surface area contributed by atoms with Crippen molar-refractivity contribution in [3.8, 4) is 5.75 Å². The summed E-state index contributed by atoms with van der Waals surface area (Å²) >= 11 is 0. The van der Waals surface area contributed by atoms with Gasteiger partial charge in [0.25, 0.3) is 0 Å². The molecule has 5 nitrogen and oxygen atoms in total. The fourth-order valence-corrected chi connectivity index (χ4v) is 1.96. The lowest BCUT2D eigenvalue weighted by Crippen LogP contribution is -2.37. The van der Waals surface area contributed by atoms with Crippen molar-refractivity contribution in [1.82, 2.24) is 10.6 Å². The summed E-state index contributed by atoms with van der Waals surface area (Å²) in [5.41, 5.74) is 0.828. The van der Waals surface area contributed by atoms with Crippen LogP contribution >= 0.6 is 0 Å². The van der Waals surface area contributed by atoms with Gasteiger partial charge in [-0.3, -0.25) is 4.99 Å². The molecule has 23 heavy (non-hydrogen) atoms. The number of methoxy groups -OCH3 is 1. The van der Waals surface area contributed by atoms with Crippen LogP contribution in [0.15, 0.2) is 23.2 Å². The number of hydrogen-bond donors (Lipinski definition) is 2. The Morgan fingerprint density at radius 3 is 2.65 bits per heavy atom. The highest BCUT2D eigenvalue weighted by Crippen LogP contribution is 2.17. The summed E-state index contributed by atoms with van der Waals surface area (Å²) in [4.78, 5) is 4.14. The molecular weight excluding hydrogens is 297 g/mol. The summed E-state index contributed by atoms with van der Waals surface area (Å²) in [5.74, 6) is 0.577. The van der Waals surface area contributed by atoms with E-state index in [-0.39, 0.29) is 11.6 Å². The van der Waals surface area contributed by atoms with E-state index in [1.165, 1.54) is 13.2 Å². The molecule has 1 aromatic carbocycles. The zero-order chi connectivity index (χ0) is 16.9. The Labute approximate surface area is 138 Å². The molecule has 0 amide bonds. The van der Waals surface area contributed by atoms with Crippen LogP contribution in [0.2, 0.25) is 0 Å². The van der Waals surface area contributed by atoms with Crippen molar-refractivity contribution in [1.29, 1.82) is 0 Å². The van der Waals surface area contributed by atoms with E-state index in [0.29, 0.717) is 12.5 Å². The van der Waals surface area contributed by atoms with E-state index in [1.54, 1.807) is 13.1 Å². The molecule has 2 N–H and O–H groups in total. The highest BCUT2D eigenvalue weighted by Gasteiger charge is 2.04. The van der Waals surface area contributed by atoms with Crippen molar-refractivity contribution < 1.29 is 13.9 Å². The smallest absolute Gasteiger partial charge is 0.191 e. The Morgan fingerprint density at radius 2 is 2.00 bits per heavy atom. The third-order valence-electron chi connectivity index (χ3n) is 3.30. The summed E-state index contributed by atoms with van der Waals surface area (Å²) in [6, 6.07) is 4.90. The number of hydrogen-bond acceptors (Lipinski definition) is 3. The minimum absolute atomic E-state index is 0.249. The van der Waals surface area contributed by atoms with Gasteiger partial charge in [0.2, 0.25) is 0 Å². The van der Waals surface area contributed by atoms with Gasteiger partial charge in [0.1, 0.15) is 0 Å². The Morgan fingerprint density at radius 1 is 1.22 bits per heavy atom. The number of rotatable bonds is 10. The normalized spacial score (nSPS) is 11.4. The molecule has 0 saturated carbocycles. The van der Waals surface area contributed by atoms with Gasteiger partial charge in [0.15, 0.2) is 17.5 Å². The molecule has 0 spiro atoms. The molecule has 0 fully saturated rings. The first kappa shape index (κ1) is 19.2. The standard InChI is InChI=1S/C17H28FN3O2/c1-4-5-10-23-11-6-9-20-17(19-2)21-13-14-7-8-16(22-3)15(18)12-14/h7-8,12H,4-6,9-11,13H2,1-3H3,(H2,19,20,21). The van der Waals surface area contributed by atoms with Gasteiger partial charge in [-0.25, -0.2) is 4.39 Å². The van der Waals surface area contributed by atoms with E-state index in [4.69, 9.17) is 9.47 Å². The molecule has 0 heterocycles. The minimum Gasteiger partial charge on any atom is -0.494 e. The molecule has 0 aromatic heterocycles. The van der Waals surface area contributed by atoms with Crippen LogP contribution in [0, 0.1) is 5.82 Å². The number of halogens is 1. The average molecular weight is 325 g/mol. The van der Waals surface area contributed by atoms with Gasteiger partial charge in [-0.15, -0.1) is 0 Å². The van der Waals surface area contributed by atoms with Crippen LogP contribution in [0.5, 0.6) is 5.75 Å². The lowest BCUT2D eigenvalue weighted by Gasteiger charge is -2.12. The molecule has 6 heteroatoms. The Kier molecular flexibility index (Phi) is 9.79. The highest BCUT2D eigenvalue weighted by atomic mass is 19.1. The van der Waals surface area contributed by atoms with E-state index in [9.17, 15) is 4.39 Å². The van der Waals surface area contributed by atoms with Gasteiger partial charge in [0.05, 0.1) is 7.11 Å². The molecule has 0 aliphatic heterocycles. The molecule has 0 aliphatic rings. The topological polar surface area (TPSA) is 54.9 Å². The van der Waals surface area contributed by atoms with Crippen molar-refractivity contribution >= 4 is 5.96 Å². The summed E-state index contributed by atoms with van der Waals surface area (Å²) in [6.45, 7) is 4.99. The number of aliphatic imine (C=N–C) groups is 1. The third kappa shape index (κ3) is 7.83. The van der Waals surface area contributed by atoms with Gasteiger partial charge >= 0.3 is 0 Å². The van der Waals surface area contributed by atoms with Crippen LogP contribution < -0.4 is 15.4 Å². The minimum atomic E-state index is -0.362. The number of unbranched alkanes of at least 4 members (excludes halogenated alkanes) is 1. The number of guanidine groups is 1. The molecule has 1 aromatic rings. The summed E-state index contributed by atoms with van der Waals surface area (Å²) in [5, 5.41) is 6.36. The molecule has 130 valence electrons. The molecular formula is C17H28FN3O2. The highest BCUT2D eigenvalue weighted by molar-refractivity contribution is 5.79. The SMILES string of the molecule is CCCCOCCCNC(=NC)NCc1ccc(OC)c(F)c1. The predicted octanol–water partition coefficient (Wildman–Crippen LogP) is 2.71. The van der Waals surface area contributed by atoms with Gasteiger partial charge in [-0.1, -0.05) is 19.4 Å². The lowest BCUT2D eigenvalue weighted by molar-refractivity contribution is 0.129. The monoisotopic (exact) mass is 325 g/mol. The van der Waals surface area contributed by atoms with Crippen molar-refractivity contribution in [2.45, 2.75) is 32.7 Å². The number of nitrogens with zero attached hydrogens (tertiary/aromatic N) is 1. The first-order chi connectivity index (χ1) is 11.2. The molecule has 0 bridgehead atoms. The quantitative estimate of drug-likeness (QED) is 0.394. The first-order valence-electron chi connectivity index (χ1n) is 8.06. The Balaban J connectivity index is 2.25. The fraction of sp³-hybridized carbons (Fsp3) is 0.588. The largest absolute Gasteiger partial charge is 0.494 e. The molecule has 0 atom stereocenters. The van der Waals surface area contributed by atoms with Crippen LogP contribution in [-0.2, 0) is 11.3 Å². The second-order valence-corrected chi connectivity index (χ2v) is 5.14. The van der Waals surface area contributed by atoms with E-state index in [1.807, 2.05) is 6.07 Å². The molecule has 1 rings (SSSR count). The predicted molar refractivity (Wildman–Crippen MR) is 91.5 cm³/mol. The van der Waals surface area contributed by atoms with Crippen LogP contribution in [0.1, 0.15) is 31.7 Å². The molecule has 0 aliphatic carbocycles. The maximum Gasteiger partial charge on any atom is 0.191 e. The van der Waals surface area contributed by atoms with Crippen LogP contribution in [0.3, 0.4) is 0 Å². The summed E-state index contributed by atoms with van der Waals surface area (Å²) in [6.07, 6.45) is 3.18. The molecule has 0 saturated heterocycles. The van der Waals surface area contributed by atoms with Crippen LogP contribution in [0.25, 0.3) is 0 Å². The van der Waals surface area contributed by atoms with E-state index >= 15 is 0 Å². The second kappa shape index (κ2) is 11.7. The van der Waals surface area contributed by atoms with E-state index in [0.717, 1.165) is 44.6 Å². The lowest BCUT2D eigenvalue weighted by atomic mass is 10.2. The number of benzene rings is 1. The van der Waals surface area contributed by atoms with Gasteiger partial charge in [-0.05, 0) is 30.5 Å². The van der Waals surface area contributed by atoms with Gasteiger partial charge in [0, 0.05) is 33.4 Å². The second-order valence-electron chi connectivity index (χ2n) is 5.14. The first-order valence-corrected chi connectivity index (χ1v) is 8.06. The number of ether oxygens (including phenoxy) is 2. The van der Waals surface area contributed by atoms with Crippen molar-refractivity contribution in [3.63, 3.8) is 0 Å². The Bertz CT molecular complexity index is 481. The van der Waals surface area contributed by atoms with Crippen molar-refractivity contribution in [2.75, 3.05) is 33.9 Å². The van der Waals surface area contributed by atoms with Gasteiger partial charge < -0.3 is 20.1 Å². The number of nitrogens with one attached hydrogen (secondary N) is 2. The van der Waals surface area contributed by atoms with Crippen LogP contribution in [0.4, 0.5) is 4.39 Å². The Hall–Kier alpha value is -1.82. The molecule has 0 unspecified atom stereocenters. The summed E-state index contributed by atoms with van der Waals surface area (Å²) < 4.78 is 24.0. The van der Waals surface area contributed by atoms with E-state index < -0.39 is 0 Å². The zero-order valence-corrected chi connectivity index (χ0v) is 14.3. The third-order valence-corrected chi connectivity index (χ3v) is 3.30. The zero-order valence-electron chi connectivity index (χ0n) is 14.3. The average Bonchev–Trinajstić information content (AvgIpc) is 2.57. The summed E-state index contributed by atoms with van der Waals surface area (Å²) in [7, 11) is 3.16. The van der Waals surface area contributed by atoms with Gasteiger partial charge in [-0.2, -0.15) is 0 Å². The maximum absolute atomic E-state index is 13.6. The van der Waals surface area contributed by atoms with E-state index in [2.05, 4.69) is 22.5 Å². The van der Waals surface area contributed by atoms with Crippen LogP contribution in [-0.4, -0.2) is 39.9 Å². The van der Waals surface area contributed by atoms with Crippen molar-refractivity contribution in [3.05, 3.63) is 29.6 Å². The maximum atomic E-state index is 13.6. The fourth-order valence-electron chi connectivity index (χ4n) is 1.96. The molecule has 0 radical (unpaired) electrons.